The van der Waals surface area contributed by atoms with Gasteiger partial charge in [0.15, 0.2) is 0 Å². The van der Waals surface area contributed by atoms with Crippen molar-refractivity contribution in [1.82, 2.24) is 0 Å². The Morgan fingerprint density at radius 3 is 2.40 bits per heavy atom. The quantitative estimate of drug-likeness (QED) is 0.805. The van der Waals surface area contributed by atoms with E-state index >= 15 is 0 Å². The van der Waals surface area contributed by atoms with Gasteiger partial charge >= 0.3 is 0 Å². The van der Waals surface area contributed by atoms with Gasteiger partial charge in [0.25, 0.3) is 0 Å². The van der Waals surface area contributed by atoms with E-state index in [9.17, 15) is 9.50 Å². The fourth-order valence-electron chi connectivity index (χ4n) is 3.02. The number of halogens is 1. The summed E-state index contributed by atoms with van der Waals surface area (Å²) >= 11 is 0. The van der Waals surface area contributed by atoms with Crippen LogP contribution in [0, 0.1) is 17.7 Å². The molecule has 0 aliphatic heterocycles. The van der Waals surface area contributed by atoms with Crippen LogP contribution in [0.2, 0.25) is 0 Å². The van der Waals surface area contributed by atoms with Gasteiger partial charge in [0.1, 0.15) is 5.82 Å². The average molecular weight is 206 g/mol. The minimum Gasteiger partial charge on any atom is -0.396 e. The Hall–Kier alpha value is -0.890. The molecule has 0 amide bonds. The third kappa shape index (κ3) is 1.31. The van der Waals surface area contributed by atoms with E-state index in [1.165, 1.54) is 30.5 Å². The van der Waals surface area contributed by atoms with E-state index in [1.807, 2.05) is 12.1 Å². The van der Waals surface area contributed by atoms with Crippen LogP contribution in [0.25, 0.3) is 0 Å². The molecular formula is C13H15FO. The zero-order chi connectivity index (χ0) is 10.5. The molecule has 80 valence electrons. The summed E-state index contributed by atoms with van der Waals surface area (Å²) in [5.74, 6) is 0.974. The Morgan fingerprint density at radius 1 is 1.27 bits per heavy atom. The van der Waals surface area contributed by atoms with Gasteiger partial charge in [-0.1, -0.05) is 12.1 Å². The van der Waals surface area contributed by atoms with Crippen LogP contribution in [0.15, 0.2) is 24.3 Å². The highest BCUT2D eigenvalue weighted by molar-refractivity contribution is 5.37. The summed E-state index contributed by atoms with van der Waals surface area (Å²) in [6.45, 7) is 0.272. The molecule has 2 aliphatic carbocycles. The maximum absolute atomic E-state index is 12.8. The number of hydrogen-bond donors (Lipinski definition) is 1. The second-order valence-corrected chi connectivity index (χ2v) is 4.91. The summed E-state index contributed by atoms with van der Waals surface area (Å²) in [7, 11) is 0. The fourth-order valence-corrected chi connectivity index (χ4v) is 3.02. The van der Waals surface area contributed by atoms with E-state index in [4.69, 9.17) is 0 Å². The molecule has 0 bridgehead atoms. The number of aliphatic hydroxyl groups excluding tert-OH is 1. The first kappa shape index (κ1) is 9.34. The molecule has 1 aromatic carbocycles. The lowest BCUT2D eigenvalue weighted by Gasteiger charge is -2.16. The van der Waals surface area contributed by atoms with E-state index in [0.717, 1.165) is 12.3 Å². The summed E-state index contributed by atoms with van der Waals surface area (Å²) in [4.78, 5) is 0. The predicted molar refractivity (Wildman–Crippen MR) is 56.0 cm³/mol. The van der Waals surface area contributed by atoms with Crippen LogP contribution < -0.4 is 0 Å². The van der Waals surface area contributed by atoms with Crippen molar-refractivity contribution in [2.24, 2.45) is 11.8 Å². The van der Waals surface area contributed by atoms with Crippen LogP contribution in [0.3, 0.4) is 0 Å². The lowest BCUT2D eigenvalue weighted by molar-refractivity contribution is 0.259. The molecule has 2 heteroatoms. The predicted octanol–water partition coefficient (Wildman–Crippen LogP) is 2.49. The van der Waals surface area contributed by atoms with Gasteiger partial charge in [-0.3, -0.25) is 0 Å². The second kappa shape index (κ2) is 3.05. The van der Waals surface area contributed by atoms with E-state index in [0.29, 0.717) is 5.92 Å². The van der Waals surface area contributed by atoms with Crippen LogP contribution in [-0.2, 0) is 5.41 Å². The summed E-state index contributed by atoms with van der Waals surface area (Å²) in [5, 5.41) is 9.26. The maximum Gasteiger partial charge on any atom is 0.123 e. The Bertz CT molecular complexity index is 369. The van der Waals surface area contributed by atoms with Gasteiger partial charge in [-0.05, 0) is 48.8 Å². The molecule has 0 spiro atoms. The van der Waals surface area contributed by atoms with Crippen molar-refractivity contribution in [3.8, 4) is 0 Å². The van der Waals surface area contributed by atoms with Gasteiger partial charge < -0.3 is 5.11 Å². The largest absolute Gasteiger partial charge is 0.396 e. The molecule has 0 radical (unpaired) electrons. The van der Waals surface area contributed by atoms with E-state index < -0.39 is 0 Å². The number of aliphatic hydroxyl groups is 1. The topological polar surface area (TPSA) is 20.2 Å². The first-order valence-corrected chi connectivity index (χ1v) is 5.64. The van der Waals surface area contributed by atoms with Crippen LogP contribution >= 0.6 is 0 Å². The number of benzene rings is 1. The van der Waals surface area contributed by atoms with Gasteiger partial charge in [0.05, 0.1) is 0 Å². The SMILES string of the molecule is OCC1CC1(c1ccc(F)cc1)C1CC1. The molecule has 3 rings (SSSR count). The highest BCUT2D eigenvalue weighted by Gasteiger charge is 2.62. The summed E-state index contributed by atoms with van der Waals surface area (Å²) < 4.78 is 12.8. The Labute approximate surface area is 88.9 Å². The molecule has 2 aliphatic rings. The fraction of sp³-hybridized carbons (Fsp3) is 0.538. The zero-order valence-electron chi connectivity index (χ0n) is 8.62. The Kier molecular flexibility index (Phi) is 1.90. The van der Waals surface area contributed by atoms with Crippen LogP contribution in [0.4, 0.5) is 4.39 Å². The molecular weight excluding hydrogens is 191 g/mol. The van der Waals surface area contributed by atoms with Crippen molar-refractivity contribution in [2.75, 3.05) is 6.61 Å². The highest BCUT2D eigenvalue weighted by Crippen LogP contribution is 2.65. The Balaban J connectivity index is 1.93. The first-order chi connectivity index (χ1) is 7.27. The Morgan fingerprint density at radius 2 is 1.93 bits per heavy atom. The van der Waals surface area contributed by atoms with Crippen molar-refractivity contribution in [1.29, 1.82) is 0 Å². The van der Waals surface area contributed by atoms with Crippen molar-refractivity contribution < 1.29 is 9.50 Å². The normalized spacial score (nSPS) is 34.1. The van der Waals surface area contributed by atoms with Gasteiger partial charge in [-0.15, -0.1) is 0 Å². The second-order valence-electron chi connectivity index (χ2n) is 4.91. The molecule has 1 N–H and O–H groups in total. The minimum atomic E-state index is -0.175. The molecule has 2 unspecified atom stereocenters. The number of hydrogen-bond acceptors (Lipinski definition) is 1. The lowest BCUT2D eigenvalue weighted by atomic mass is 9.88. The molecule has 0 aromatic heterocycles. The average Bonchev–Trinajstić information content (AvgIpc) is 3.12. The highest BCUT2D eigenvalue weighted by atomic mass is 19.1. The van der Waals surface area contributed by atoms with Crippen molar-refractivity contribution in [3.63, 3.8) is 0 Å². The van der Waals surface area contributed by atoms with Crippen molar-refractivity contribution >= 4 is 0 Å². The molecule has 15 heavy (non-hydrogen) atoms. The third-order valence-corrected chi connectivity index (χ3v) is 4.06. The van der Waals surface area contributed by atoms with E-state index in [2.05, 4.69) is 0 Å². The molecule has 2 atom stereocenters. The smallest absolute Gasteiger partial charge is 0.123 e. The van der Waals surface area contributed by atoms with Crippen LogP contribution in [0.1, 0.15) is 24.8 Å². The molecule has 1 aromatic rings. The zero-order valence-corrected chi connectivity index (χ0v) is 8.62. The minimum absolute atomic E-state index is 0.175. The number of rotatable bonds is 3. The monoisotopic (exact) mass is 206 g/mol. The summed E-state index contributed by atoms with van der Waals surface area (Å²) in [6, 6.07) is 6.85. The standard InChI is InChI=1S/C13H15FO/c14-12-5-3-10(4-6-12)13(9-1-2-9)7-11(13)8-15/h3-6,9,11,15H,1-2,7-8H2. The van der Waals surface area contributed by atoms with E-state index in [-0.39, 0.29) is 17.8 Å². The molecule has 2 saturated carbocycles. The van der Waals surface area contributed by atoms with Crippen LogP contribution in [-0.4, -0.2) is 11.7 Å². The molecule has 1 nitrogen and oxygen atoms in total. The summed E-state index contributed by atoms with van der Waals surface area (Å²) in [6.07, 6.45) is 3.63. The van der Waals surface area contributed by atoms with Gasteiger partial charge in [-0.25, -0.2) is 4.39 Å². The first-order valence-electron chi connectivity index (χ1n) is 5.64. The third-order valence-electron chi connectivity index (χ3n) is 4.06. The van der Waals surface area contributed by atoms with Crippen molar-refractivity contribution in [2.45, 2.75) is 24.7 Å². The maximum atomic E-state index is 12.8. The van der Waals surface area contributed by atoms with Gasteiger partial charge in [-0.2, -0.15) is 0 Å². The van der Waals surface area contributed by atoms with Gasteiger partial charge in [0.2, 0.25) is 0 Å². The molecule has 0 heterocycles. The van der Waals surface area contributed by atoms with Gasteiger partial charge in [0, 0.05) is 12.0 Å². The summed E-state index contributed by atoms with van der Waals surface area (Å²) in [5.41, 5.74) is 1.42. The molecule has 0 saturated heterocycles. The molecule has 2 fully saturated rings. The lowest BCUT2D eigenvalue weighted by Crippen LogP contribution is -2.14. The van der Waals surface area contributed by atoms with E-state index in [1.54, 1.807) is 0 Å². The van der Waals surface area contributed by atoms with Crippen LogP contribution in [0.5, 0.6) is 0 Å². The van der Waals surface area contributed by atoms with Crippen molar-refractivity contribution in [3.05, 3.63) is 35.6 Å².